The molecule has 0 N–H and O–H groups in total. The quantitative estimate of drug-likeness (QED) is 0.667. The van der Waals surface area contributed by atoms with Crippen molar-refractivity contribution in [3.63, 3.8) is 0 Å². The van der Waals surface area contributed by atoms with Gasteiger partial charge in [-0.3, -0.25) is 0 Å². The first-order valence-electron chi connectivity index (χ1n) is 5.07. The number of rotatable bonds is 3. The topological polar surface area (TPSA) is 9.23 Å². The highest BCUT2D eigenvalue weighted by Crippen LogP contribution is 2.44. The minimum absolute atomic E-state index is 0.369. The van der Waals surface area contributed by atoms with E-state index in [4.69, 9.17) is 4.74 Å². The van der Waals surface area contributed by atoms with E-state index in [0.29, 0.717) is 11.5 Å². The Hall–Kier alpha value is 0.660. The zero-order valence-corrected chi connectivity index (χ0v) is 10.6. The molecule has 1 nitrogen and oxygen atoms in total. The molecule has 0 amide bonds. The molecule has 0 bridgehead atoms. The van der Waals surface area contributed by atoms with Crippen LogP contribution in [0, 0.1) is 5.92 Å². The van der Waals surface area contributed by atoms with Crippen molar-refractivity contribution in [2.45, 2.75) is 57.3 Å². The van der Waals surface area contributed by atoms with Crippen LogP contribution in [-0.2, 0) is 4.74 Å². The van der Waals surface area contributed by atoms with Crippen LogP contribution >= 0.6 is 21.6 Å². The van der Waals surface area contributed by atoms with Crippen LogP contribution < -0.4 is 0 Å². The lowest BCUT2D eigenvalue weighted by atomic mass is 10.1. The van der Waals surface area contributed by atoms with Crippen molar-refractivity contribution in [2.24, 2.45) is 5.92 Å². The van der Waals surface area contributed by atoms with Gasteiger partial charge in [0.1, 0.15) is 5.44 Å². The largest absolute Gasteiger partial charge is 0.364 e. The van der Waals surface area contributed by atoms with Gasteiger partial charge >= 0.3 is 0 Å². The van der Waals surface area contributed by atoms with Gasteiger partial charge in [-0.15, -0.1) is 0 Å². The van der Waals surface area contributed by atoms with Gasteiger partial charge in [-0.1, -0.05) is 35.4 Å². The van der Waals surface area contributed by atoms with Gasteiger partial charge < -0.3 is 4.74 Å². The third kappa shape index (κ3) is 4.13. The Balaban J connectivity index is 2.22. The summed E-state index contributed by atoms with van der Waals surface area (Å²) in [5, 5.41) is 0.831. The molecule has 3 heteroatoms. The molecule has 13 heavy (non-hydrogen) atoms. The molecule has 0 radical (unpaired) electrons. The van der Waals surface area contributed by atoms with Crippen LogP contribution in [0.5, 0.6) is 0 Å². The molecule has 1 saturated heterocycles. The van der Waals surface area contributed by atoms with Gasteiger partial charge in [-0.2, -0.15) is 0 Å². The SMILES string of the molecule is CC(C)OC1CCC(C(C)C)SS1. The number of hydrogen-bond acceptors (Lipinski definition) is 3. The smallest absolute Gasteiger partial charge is 0.113 e. The van der Waals surface area contributed by atoms with Gasteiger partial charge in [0.2, 0.25) is 0 Å². The molecule has 0 aliphatic carbocycles. The monoisotopic (exact) mass is 220 g/mol. The van der Waals surface area contributed by atoms with Crippen molar-refractivity contribution in [3.05, 3.63) is 0 Å². The molecular formula is C10H20OS2. The van der Waals surface area contributed by atoms with Crippen molar-refractivity contribution in [3.8, 4) is 0 Å². The standard InChI is InChI=1S/C10H20OS2/c1-7(2)9-5-6-10(13-12-9)11-8(3)4/h7-10H,5-6H2,1-4H3. The summed E-state index contributed by atoms with van der Waals surface area (Å²) in [4.78, 5) is 0. The van der Waals surface area contributed by atoms with Crippen LogP contribution in [0.3, 0.4) is 0 Å². The van der Waals surface area contributed by atoms with E-state index in [2.05, 4.69) is 27.7 Å². The predicted octanol–water partition coefficient (Wildman–Crippen LogP) is 3.94. The Morgan fingerprint density at radius 2 is 1.77 bits per heavy atom. The van der Waals surface area contributed by atoms with E-state index < -0.39 is 0 Å². The minimum Gasteiger partial charge on any atom is -0.364 e. The van der Waals surface area contributed by atoms with Crippen molar-refractivity contribution in [1.82, 2.24) is 0 Å². The van der Waals surface area contributed by atoms with Crippen molar-refractivity contribution < 1.29 is 4.74 Å². The van der Waals surface area contributed by atoms with Crippen LogP contribution in [0.1, 0.15) is 40.5 Å². The first-order chi connectivity index (χ1) is 6.09. The van der Waals surface area contributed by atoms with E-state index in [0.717, 1.165) is 11.2 Å². The summed E-state index contributed by atoms with van der Waals surface area (Å²) in [5.41, 5.74) is 0.431. The first kappa shape index (κ1) is 11.7. The molecule has 1 rings (SSSR count). The fraction of sp³-hybridized carbons (Fsp3) is 1.00. The van der Waals surface area contributed by atoms with E-state index >= 15 is 0 Å². The van der Waals surface area contributed by atoms with Crippen LogP contribution in [0.2, 0.25) is 0 Å². The summed E-state index contributed by atoms with van der Waals surface area (Å²) >= 11 is 0. The zero-order chi connectivity index (χ0) is 9.84. The Morgan fingerprint density at radius 3 is 2.15 bits per heavy atom. The highest BCUT2D eigenvalue weighted by molar-refractivity contribution is 8.77. The Labute approximate surface area is 89.8 Å². The summed E-state index contributed by atoms with van der Waals surface area (Å²) in [6.45, 7) is 8.84. The van der Waals surface area contributed by atoms with Gasteiger partial charge in [0.15, 0.2) is 0 Å². The minimum atomic E-state index is 0.369. The maximum absolute atomic E-state index is 5.76. The molecule has 0 saturated carbocycles. The van der Waals surface area contributed by atoms with Crippen LogP contribution in [0.15, 0.2) is 0 Å². The van der Waals surface area contributed by atoms with E-state index in [1.807, 2.05) is 21.6 Å². The summed E-state index contributed by atoms with van der Waals surface area (Å²) in [6.07, 6.45) is 2.90. The second-order valence-electron chi connectivity index (χ2n) is 4.17. The van der Waals surface area contributed by atoms with Crippen LogP contribution in [-0.4, -0.2) is 16.8 Å². The van der Waals surface area contributed by atoms with Crippen LogP contribution in [0.4, 0.5) is 0 Å². The van der Waals surface area contributed by atoms with Crippen molar-refractivity contribution >= 4 is 21.6 Å². The normalized spacial score (nSPS) is 30.0. The molecule has 1 aliphatic heterocycles. The number of ether oxygens (including phenoxy) is 1. The van der Waals surface area contributed by atoms with Gasteiger partial charge in [0.25, 0.3) is 0 Å². The van der Waals surface area contributed by atoms with E-state index in [9.17, 15) is 0 Å². The summed E-state index contributed by atoms with van der Waals surface area (Å²) < 4.78 is 5.76. The highest BCUT2D eigenvalue weighted by atomic mass is 33.1. The maximum Gasteiger partial charge on any atom is 0.113 e. The maximum atomic E-state index is 5.76. The third-order valence-corrected chi connectivity index (χ3v) is 5.56. The average molecular weight is 220 g/mol. The molecule has 0 aromatic carbocycles. The molecule has 0 aromatic heterocycles. The van der Waals surface area contributed by atoms with E-state index in [1.165, 1.54) is 12.8 Å². The van der Waals surface area contributed by atoms with Crippen LogP contribution in [0.25, 0.3) is 0 Å². The van der Waals surface area contributed by atoms with Crippen molar-refractivity contribution in [1.29, 1.82) is 0 Å². The molecule has 2 atom stereocenters. The molecule has 0 aromatic rings. The van der Waals surface area contributed by atoms with E-state index in [1.54, 1.807) is 0 Å². The lowest BCUT2D eigenvalue weighted by Gasteiger charge is -2.30. The van der Waals surface area contributed by atoms with Gasteiger partial charge in [-0.25, -0.2) is 0 Å². The lowest BCUT2D eigenvalue weighted by Crippen LogP contribution is -2.22. The van der Waals surface area contributed by atoms with Gasteiger partial charge in [0, 0.05) is 5.25 Å². The molecular weight excluding hydrogens is 200 g/mol. The van der Waals surface area contributed by atoms with E-state index in [-0.39, 0.29) is 0 Å². The fourth-order valence-corrected chi connectivity index (χ4v) is 4.77. The van der Waals surface area contributed by atoms with Gasteiger partial charge in [0.05, 0.1) is 6.10 Å². The second kappa shape index (κ2) is 5.52. The second-order valence-corrected chi connectivity index (χ2v) is 6.84. The summed E-state index contributed by atoms with van der Waals surface area (Å²) in [5.74, 6) is 0.803. The van der Waals surface area contributed by atoms with Crippen molar-refractivity contribution in [2.75, 3.05) is 0 Å². The third-order valence-electron chi connectivity index (χ3n) is 2.14. The average Bonchev–Trinajstić information content (AvgIpc) is 2.04. The molecule has 0 spiro atoms. The molecule has 1 fully saturated rings. The fourth-order valence-electron chi connectivity index (χ4n) is 1.37. The predicted molar refractivity (Wildman–Crippen MR) is 63.1 cm³/mol. The summed E-state index contributed by atoms with van der Waals surface area (Å²) in [7, 11) is 3.94. The Morgan fingerprint density at radius 1 is 1.08 bits per heavy atom. The Bertz CT molecular complexity index is 140. The zero-order valence-electron chi connectivity index (χ0n) is 8.95. The molecule has 2 unspecified atom stereocenters. The molecule has 1 heterocycles. The molecule has 78 valence electrons. The molecule has 1 aliphatic rings. The number of hydrogen-bond donors (Lipinski definition) is 0. The van der Waals surface area contributed by atoms with Gasteiger partial charge in [-0.05, 0) is 32.6 Å². The Kier molecular flexibility index (Phi) is 4.98. The highest BCUT2D eigenvalue weighted by Gasteiger charge is 2.25. The first-order valence-corrected chi connectivity index (χ1v) is 7.34. The lowest BCUT2D eigenvalue weighted by molar-refractivity contribution is 0.0538. The summed E-state index contributed by atoms with van der Waals surface area (Å²) in [6, 6.07) is 0.